The summed E-state index contributed by atoms with van der Waals surface area (Å²) in [6.45, 7) is 1.12. The second-order valence-electron chi connectivity index (χ2n) is 3.49. The van der Waals surface area contributed by atoms with Crippen molar-refractivity contribution in [2.24, 2.45) is 0 Å². The molecule has 9 heteroatoms. The number of carbonyl (C=O) groups is 1. The van der Waals surface area contributed by atoms with E-state index in [1.807, 2.05) is 0 Å². The number of nitro groups is 1. The van der Waals surface area contributed by atoms with Crippen LogP contribution in [0.4, 0.5) is 14.5 Å². The molecular formula is C10H5F2N3O4. The van der Waals surface area contributed by atoms with E-state index in [1.165, 1.54) is 0 Å². The number of aromatic nitrogens is 2. The summed E-state index contributed by atoms with van der Waals surface area (Å²) >= 11 is 0. The lowest BCUT2D eigenvalue weighted by atomic mass is 10.1. The fraction of sp³-hybridized carbons (Fsp3) is 0.100. The Labute approximate surface area is 104 Å². The number of ketones is 1. The first-order valence-corrected chi connectivity index (χ1v) is 4.89. The molecule has 2 aromatic rings. The third-order valence-electron chi connectivity index (χ3n) is 2.22. The molecule has 0 spiro atoms. The van der Waals surface area contributed by atoms with E-state index in [4.69, 9.17) is 0 Å². The maximum absolute atomic E-state index is 13.8. The van der Waals surface area contributed by atoms with Crippen LogP contribution in [0.25, 0.3) is 11.4 Å². The molecule has 1 heterocycles. The Balaban J connectivity index is 2.63. The van der Waals surface area contributed by atoms with Gasteiger partial charge >= 0.3 is 5.69 Å². The molecule has 0 N–H and O–H groups in total. The quantitative estimate of drug-likeness (QED) is 0.480. The van der Waals surface area contributed by atoms with Crippen molar-refractivity contribution in [2.75, 3.05) is 0 Å². The largest absolute Gasteiger partial charge is 0.330 e. The van der Waals surface area contributed by atoms with Gasteiger partial charge in [-0.15, -0.1) is 0 Å². The predicted octanol–water partition coefficient (Wildman–Crippen LogP) is 2.13. The SMILES string of the molecule is CC(=O)c1nc(-c2c(F)ccc([N+](=O)[O-])c2F)no1. The van der Waals surface area contributed by atoms with Gasteiger partial charge < -0.3 is 4.52 Å². The van der Waals surface area contributed by atoms with Gasteiger partial charge in [-0.05, 0) is 6.07 Å². The van der Waals surface area contributed by atoms with Crippen molar-refractivity contribution in [3.05, 3.63) is 39.8 Å². The van der Waals surface area contributed by atoms with E-state index in [1.54, 1.807) is 0 Å². The molecule has 0 aliphatic rings. The molecule has 0 aliphatic heterocycles. The van der Waals surface area contributed by atoms with E-state index in [-0.39, 0.29) is 0 Å². The highest BCUT2D eigenvalue weighted by molar-refractivity contribution is 5.89. The number of halogens is 2. The lowest BCUT2D eigenvalue weighted by Crippen LogP contribution is -1.99. The second kappa shape index (κ2) is 4.52. The van der Waals surface area contributed by atoms with Gasteiger partial charge in [0.1, 0.15) is 11.4 Å². The van der Waals surface area contributed by atoms with Gasteiger partial charge in [0.25, 0.3) is 5.89 Å². The molecule has 1 aromatic heterocycles. The highest BCUT2D eigenvalue weighted by Gasteiger charge is 2.26. The van der Waals surface area contributed by atoms with Crippen LogP contribution in [0.5, 0.6) is 0 Å². The van der Waals surface area contributed by atoms with Crippen LogP contribution < -0.4 is 0 Å². The molecular weight excluding hydrogens is 264 g/mol. The minimum atomic E-state index is -1.43. The zero-order valence-corrected chi connectivity index (χ0v) is 9.39. The Morgan fingerprint density at radius 3 is 2.63 bits per heavy atom. The topological polar surface area (TPSA) is 99.1 Å². The minimum Gasteiger partial charge on any atom is -0.330 e. The van der Waals surface area contributed by atoms with Crippen molar-refractivity contribution in [3.63, 3.8) is 0 Å². The minimum absolute atomic E-state index is 0.444. The third kappa shape index (κ3) is 2.17. The lowest BCUT2D eigenvalue weighted by molar-refractivity contribution is -0.387. The Morgan fingerprint density at radius 2 is 2.11 bits per heavy atom. The molecule has 0 unspecified atom stereocenters. The monoisotopic (exact) mass is 269 g/mol. The first-order chi connectivity index (χ1) is 8.91. The van der Waals surface area contributed by atoms with Gasteiger partial charge in [0.05, 0.1) is 4.92 Å². The average molecular weight is 269 g/mol. The maximum Gasteiger partial charge on any atom is 0.305 e. The number of hydrogen-bond donors (Lipinski definition) is 0. The molecule has 7 nitrogen and oxygen atoms in total. The molecule has 0 saturated carbocycles. The molecule has 0 aliphatic carbocycles. The summed E-state index contributed by atoms with van der Waals surface area (Å²) in [5, 5.41) is 13.8. The van der Waals surface area contributed by atoms with Crippen LogP contribution in [0, 0.1) is 21.7 Å². The molecule has 0 bridgehead atoms. The number of Topliss-reactive ketones (excluding diaryl/α,β-unsaturated/α-hetero) is 1. The summed E-state index contributed by atoms with van der Waals surface area (Å²) in [4.78, 5) is 24.0. The van der Waals surface area contributed by atoms with Crippen molar-refractivity contribution in [1.29, 1.82) is 0 Å². The van der Waals surface area contributed by atoms with E-state index in [2.05, 4.69) is 14.7 Å². The summed E-state index contributed by atoms with van der Waals surface area (Å²) < 4.78 is 31.8. The van der Waals surface area contributed by atoms with Crippen LogP contribution in [0.15, 0.2) is 16.7 Å². The summed E-state index contributed by atoms with van der Waals surface area (Å²) in [5.41, 5.74) is -1.74. The summed E-state index contributed by atoms with van der Waals surface area (Å²) in [5.74, 6) is -4.13. The molecule has 0 atom stereocenters. The molecule has 98 valence electrons. The van der Waals surface area contributed by atoms with Crippen LogP contribution in [0.1, 0.15) is 17.6 Å². The number of benzene rings is 1. The molecule has 19 heavy (non-hydrogen) atoms. The number of nitro benzene ring substituents is 1. The third-order valence-corrected chi connectivity index (χ3v) is 2.22. The molecule has 0 amide bonds. The Kier molecular flexibility index (Phi) is 3.03. The Bertz CT molecular complexity index is 683. The van der Waals surface area contributed by atoms with Gasteiger partial charge in [-0.1, -0.05) is 5.16 Å². The maximum atomic E-state index is 13.8. The van der Waals surface area contributed by atoms with Gasteiger partial charge in [0, 0.05) is 13.0 Å². The fourth-order valence-electron chi connectivity index (χ4n) is 1.36. The van der Waals surface area contributed by atoms with Crippen LogP contribution in [-0.4, -0.2) is 20.8 Å². The van der Waals surface area contributed by atoms with Crippen molar-refractivity contribution in [2.45, 2.75) is 6.92 Å². The van der Waals surface area contributed by atoms with E-state index >= 15 is 0 Å². The highest BCUT2D eigenvalue weighted by atomic mass is 19.1. The number of nitrogens with zero attached hydrogens (tertiary/aromatic N) is 3. The second-order valence-corrected chi connectivity index (χ2v) is 3.49. The smallest absolute Gasteiger partial charge is 0.305 e. The van der Waals surface area contributed by atoms with Crippen LogP contribution in [0.3, 0.4) is 0 Å². The molecule has 0 fully saturated rings. The Morgan fingerprint density at radius 1 is 1.42 bits per heavy atom. The summed E-state index contributed by atoms with van der Waals surface area (Å²) in [6, 6.07) is 1.39. The van der Waals surface area contributed by atoms with Crippen LogP contribution in [-0.2, 0) is 0 Å². The van der Waals surface area contributed by atoms with Crippen molar-refractivity contribution in [1.82, 2.24) is 10.1 Å². The van der Waals surface area contributed by atoms with Crippen LogP contribution in [0.2, 0.25) is 0 Å². The van der Waals surface area contributed by atoms with E-state index in [9.17, 15) is 23.7 Å². The number of hydrogen-bond acceptors (Lipinski definition) is 6. The highest BCUT2D eigenvalue weighted by Crippen LogP contribution is 2.29. The van der Waals surface area contributed by atoms with Gasteiger partial charge in [-0.25, -0.2) is 4.39 Å². The lowest BCUT2D eigenvalue weighted by Gasteiger charge is -2.00. The number of carbonyl (C=O) groups excluding carboxylic acids is 1. The molecule has 2 rings (SSSR count). The first-order valence-electron chi connectivity index (χ1n) is 4.89. The zero-order valence-electron chi connectivity index (χ0n) is 9.39. The van der Waals surface area contributed by atoms with Gasteiger partial charge in [0.15, 0.2) is 0 Å². The summed E-state index contributed by atoms with van der Waals surface area (Å²) in [6.07, 6.45) is 0. The predicted molar refractivity (Wildman–Crippen MR) is 56.3 cm³/mol. The van der Waals surface area contributed by atoms with E-state index < -0.39 is 45.3 Å². The average Bonchev–Trinajstić information content (AvgIpc) is 2.78. The van der Waals surface area contributed by atoms with Crippen LogP contribution >= 0.6 is 0 Å². The van der Waals surface area contributed by atoms with Gasteiger partial charge in [-0.2, -0.15) is 9.37 Å². The molecule has 1 aromatic carbocycles. The number of rotatable bonds is 3. The molecule has 0 saturated heterocycles. The zero-order chi connectivity index (χ0) is 14.2. The van der Waals surface area contributed by atoms with Gasteiger partial charge in [-0.3, -0.25) is 14.9 Å². The van der Waals surface area contributed by atoms with E-state index in [0.717, 1.165) is 6.92 Å². The normalized spacial score (nSPS) is 10.5. The van der Waals surface area contributed by atoms with Crippen molar-refractivity contribution < 1.29 is 23.0 Å². The Hall–Kier alpha value is -2.71. The summed E-state index contributed by atoms with van der Waals surface area (Å²) in [7, 11) is 0. The van der Waals surface area contributed by atoms with Gasteiger partial charge in [0.2, 0.25) is 17.4 Å². The van der Waals surface area contributed by atoms with Crippen molar-refractivity contribution >= 4 is 11.5 Å². The van der Waals surface area contributed by atoms with E-state index in [0.29, 0.717) is 12.1 Å². The fourth-order valence-corrected chi connectivity index (χ4v) is 1.36. The first kappa shape index (κ1) is 12.7. The molecule has 0 radical (unpaired) electrons. The van der Waals surface area contributed by atoms with Crippen molar-refractivity contribution in [3.8, 4) is 11.4 Å². The standard InChI is InChI=1S/C10H5F2N3O4/c1-4(16)10-13-9(14-19-10)7-5(11)2-3-6(8(7)12)15(17)18/h2-3H,1H3.